The second-order valence-corrected chi connectivity index (χ2v) is 6.50. The Labute approximate surface area is 112 Å². The molecule has 0 saturated heterocycles. The number of hydrogen-bond acceptors (Lipinski definition) is 3. The van der Waals surface area contributed by atoms with E-state index >= 15 is 0 Å². The molecule has 0 aromatic carbocycles. The van der Waals surface area contributed by atoms with Gasteiger partial charge in [0, 0.05) is 22.8 Å². The van der Waals surface area contributed by atoms with Gasteiger partial charge in [-0.25, -0.2) is 0 Å². The molecular formula is C14H21NO2S. The third kappa shape index (κ3) is 3.33. The van der Waals surface area contributed by atoms with Crippen molar-refractivity contribution >= 4 is 17.3 Å². The summed E-state index contributed by atoms with van der Waals surface area (Å²) in [7, 11) is 0. The maximum Gasteiger partial charge on any atom is 0.308 e. The van der Waals surface area contributed by atoms with Gasteiger partial charge < -0.3 is 10.4 Å². The minimum Gasteiger partial charge on any atom is -0.481 e. The summed E-state index contributed by atoms with van der Waals surface area (Å²) < 4.78 is 0. The van der Waals surface area contributed by atoms with Gasteiger partial charge in [-0.05, 0) is 36.8 Å². The minimum absolute atomic E-state index is 0.142. The van der Waals surface area contributed by atoms with Crippen molar-refractivity contribution in [2.24, 2.45) is 5.41 Å². The topological polar surface area (TPSA) is 49.3 Å². The fourth-order valence-electron chi connectivity index (χ4n) is 2.54. The molecule has 1 heterocycles. The van der Waals surface area contributed by atoms with Crippen LogP contribution >= 0.6 is 11.3 Å². The van der Waals surface area contributed by atoms with Gasteiger partial charge in [0.2, 0.25) is 0 Å². The molecule has 0 unspecified atom stereocenters. The smallest absolute Gasteiger partial charge is 0.308 e. The zero-order chi connectivity index (χ0) is 13.0. The Morgan fingerprint density at radius 2 is 2.17 bits per heavy atom. The summed E-state index contributed by atoms with van der Waals surface area (Å²) in [5, 5.41) is 12.2. The van der Waals surface area contributed by atoms with Crippen molar-refractivity contribution in [3.63, 3.8) is 0 Å². The Kier molecular flexibility index (Phi) is 4.40. The second kappa shape index (κ2) is 5.85. The maximum atomic E-state index is 10.6. The minimum atomic E-state index is -0.754. The molecule has 1 aliphatic carbocycles. The van der Waals surface area contributed by atoms with E-state index in [0.29, 0.717) is 5.41 Å². The molecule has 1 aliphatic rings. The van der Waals surface area contributed by atoms with Gasteiger partial charge in [-0.1, -0.05) is 13.3 Å². The molecule has 1 aromatic heterocycles. The summed E-state index contributed by atoms with van der Waals surface area (Å²) in [5.41, 5.74) is 0.543. The van der Waals surface area contributed by atoms with Gasteiger partial charge >= 0.3 is 5.97 Å². The first-order chi connectivity index (χ1) is 8.63. The van der Waals surface area contributed by atoms with Gasteiger partial charge in [0.15, 0.2) is 0 Å². The third-order valence-corrected chi connectivity index (χ3v) is 5.09. The van der Waals surface area contributed by atoms with Gasteiger partial charge in [-0.2, -0.15) is 0 Å². The summed E-state index contributed by atoms with van der Waals surface area (Å²) in [6.45, 7) is 4.23. The molecule has 0 amide bonds. The lowest BCUT2D eigenvalue weighted by Crippen LogP contribution is -2.39. The average Bonchev–Trinajstić information content (AvgIpc) is 2.69. The van der Waals surface area contributed by atoms with Crippen LogP contribution in [-0.4, -0.2) is 17.6 Å². The molecule has 1 fully saturated rings. The Hall–Kier alpha value is -0.870. The maximum absolute atomic E-state index is 10.6. The highest BCUT2D eigenvalue weighted by Gasteiger charge is 2.34. The number of thiophene rings is 1. The van der Waals surface area contributed by atoms with Crippen LogP contribution in [0.5, 0.6) is 0 Å². The second-order valence-electron chi connectivity index (χ2n) is 5.25. The van der Waals surface area contributed by atoms with Crippen LogP contribution in [0.25, 0.3) is 0 Å². The zero-order valence-corrected chi connectivity index (χ0v) is 11.7. The van der Waals surface area contributed by atoms with E-state index in [2.05, 4.69) is 12.2 Å². The molecule has 0 aliphatic heterocycles. The third-order valence-electron chi connectivity index (χ3n) is 4.01. The standard InChI is InChI=1S/C14H21NO2S/c1-2-14(6-3-7-14)10-15-9-12-5-4-11(18-12)8-13(16)17/h4-5,15H,2-3,6-10H2,1H3,(H,16,17). The first-order valence-electron chi connectivity index (χ1n) is 6.64. The average molecular weight is 267 g/mol. The Morgan fingerprint density at radius 3 is 2.72 bits per heavy atom. The van der Waals surface area contributed by atoms with Crippen molar-refractivity contribution < 1.29 is 9.90 Å². The summed E-state index contributed by atoms with van der Waals surface area (Å²) >= 11 is 1.60. The molecule has 0 spiro atoms. The number of hydrogen-bond donors (Lipinski definition) is 2. The molecule has 0 radical (unpaired) electrons. The van der Waals surface area contributed by atoms with Crippen LogP contribution in [0.2, 0.25) is 0 Å². The lowest BCUT2D eigenvalue weighted by atomic mass is 9.67. The molecule has 0 bridgehead atoms. The lowest BCUT2D eigenvalue weighted by Gasteiger charge is -2.41. The first-order valence-corrected chi connectivity index (χ1v) is 7.45. The van der Waals surface area contributed by atoms with Crippen molar-refractivity contribution in [3.05, 3.63) is 21.9 Å². The summed E-state index contributed by atoms with van der Waals surface area (Å²) in [6, 6.07) is 3.96. The van der Waals surface area contributed by atoms with E-state index in [1.165, 1.54) is 30.6 Å². The number of nitrogens with one attached hydrogen (secondary N) is 1. The SMILES string of the molecule is CCC1(CNCc2ccc(CC(=O)O)s2)CCC1. The molecule has 1 aromatic rings. The summed E-state index contributed by atoms with van der Waals surface area (Å²) in [5.74, 6) is -0.754. The first kappa shape index (κ1) is 13.6. The quantitative estimate of drug-likeness (QED) is 0.798. The number of aliphatic carboxylic acids is 1. The van der Waals surface area contributed by atoms with Crippen LogP contribution < -0.4 is 5.32 Å². The Morgan fingerprint density at radius 1 is 1.44 bits per heavy atom. The predicted molar refractivity (Wildman–Crippen MR) is 73.9 cm³/mol. The zero-order valence-electron chi connectivity index (χ0n) is 10.9. The van der Waals surface area contributed by atoms with Crippen LogP contribution in [0.4, 0.5) is 0 Å². The number of carbonyl (C=O) groups is 1. The van der Waals surface area contributed by atoms with Gasteiger partial charge in [-0.3, -0.25) is 4.79 Å². The highest BCUT2D eigenvalue weighted by molar-refractivity contribution is 7.12. The van der Waals surface area contributed by atoms with Crippen LogP contribution in [0.1, 0.15) is 42.4 Å². The highest BCUT2D eigenvalue weighted by Crippen LogP contribution is 2.43. The normalized spacial score (nSPS) is 17.4. The van der Waals surface area contributed by atoms with Crippen LogP contribution in [0, 0.1) is 5.41 Å². The fraction of sp³-hybridized carbons (Fsp3) is 0.643. The van der Waals surface area contributed by atoms with Gasteiger partial charge in [0.25, 0.3) is 0 Å². The van der Waals surface area contributed by atoms with Crippen LogP contribution in [0.15, 0.2) is 12.1 Å². The molecule has 0 atom stereocenters. The van der Waals surface area contributed by atoms with Crippen molar-refractivity contribution in [1.29, 1.82) is 0 Å². The van der Waals surface area contributed by atoms with Crippen molar-refractivity contribution in [2.45, 2.75) is 45.6 Å². The Bertz CT molecular complexity index is 404. The number of carboxylic acids is 1. The largest absolute Gasteiger partial charge is 0.481 e. The van der Waals surface area contributed by atoms with E-state index in [1.807, 2.05) is 12.1 Å². The van der Waals surface area contributed by atoms with E-state index in [9.17, 15) is 4.79 Å². The van der Waals surface area contributed by atoms with Crippen molar-refractivity contribution in [2.75, 3.05) is 6.54 Å². The predicted octanol–water partition coefficient (Wildman–Crippen LogP) is 3.05. The highest BCUT2D eigenvalue weighted by atomic mass is 32.1. The van der Waals surface area contributed by atoms with Gasteiger partial charge in [0.05, 0.1) is 6.42 Å². The monoisotopic (exact) mass is 267 g/mol. The van der Waals surface area contributed by atoms with Gasteiger partial charge in [0.1, 0.15) is 0 Å². The molecule has 3 nitrogen and oxygen atoms in total. The molecule has 2 rings (SSSR count). The van der Waals surface area contributed by atoms with E-state index in [1.54, 1.807) is 11.3 Å². The fourth-order valence-corrected chi connectivity index (χ4v) is 3.52. The molecule has 18 heavy (non-hydrogen) atoms. The van der Waals surface area contributed by atoms with Crippen molar-refractivity contribution in [1.82, 2.24) is 5.32 Å². The molecule has 100 valence electrons. The summed E-state index contributed by atoms with van der Waals surface area (Å²) in [6.07, 6.45) is 5.48. The Balaban J connectivity index is 1.76. The van der Waals surface area contributed by atoms with Crippen LogP contribution in [0.3, 0.4) is 0 Å². The van der Waals surface area contributed by atoms with Crippen molar-refractivity contribution in [3.8, 4) is 0 Å². The number of carboxylic acid groups (broad SMARTS) is 1. The molecular weight excluding hydrogens is 246 g/mol. The van der Waals surface area contributed by atoms with E-state index in [0.717, 1.165) is 18.0 Å². The lowest BCUT2D eigenvalue weighted by molar-refractivity contribution is -0.136. The van der Waals surface area contributed by atoms with E-state index in [-0.39, 0.29) is 6.42 Å². The molecule has 1 saturated carbocycles. The van der Waals surface area contributed by atoms with E-state index in [4.69, 9.17) is 5.11 Å². The summed E-state index contributed by atoms with van der Waals surface area (Å²) in [4.78, 5) is 12.8. The molecule has 2 N–H and O–H groups in total. The van der Waals surface area contributed by atoms with Crippen LogP contribution in [-0.2, 0) is 17.8 Å². The van der Waals surface area contributed by atoms with Gasteiger partial charge in [-0.15, -0.1) is 11.3 Å². The molecule has 4 heteroatoms. The van der Waals surface area contributed by atoms with E-state index < -0.39 is 5.97 Å². The number of rotatable bonds is 7.